The number of nitrogens with one attached hydrogen (secondary N) is 1. The first kappa shape index (κ1) is 19.4. The standard InChI is InChI=1S/C18H21N7O3S/c1-12-3-4-15(29(26,27)23-7-18(2)8-28-9-18)13(5-12)14-6-21-16(19)17(24-14)25-11-20-10-22-25/h3-6,10-11,23H,7-9H2,1-2H3,(H2,19,21). The Balaban J connectivity index is 1.75. The van der Waals surface area contributed by atoms with Crippen molar-refractivity contribution in [1.82, 2.24) is 29.5 Å². The van der Waals surface area contributed by atoms with E-state index in [4.69, 9.17) is 10.5 Å². The van der Waals surface area contributed by atoms with Crippen LogP contribution < -0.4 is 10.5 Å². The number of hydrogen-bond donors (Lipinski definition) is 2. The second-order valence-electron chi connectivity index (χ2n) is 7.43. The topological polar surface area (TPSA) is 138 Å². The van der Waals surface area contributed by atoms with E-state index in [0.29, 0.717) is 31.0 Å². The van der Waals surface area contributed by atoms with E-state index in [1.807, 2.05) is 13.8 Å². The van der Waals surface area contributed by atoms with E-state index in [-0.39, 0.29) is 21.9 Å². The number of ether oxygens (including phenoxy) is 1. The molecule has 2 aromatic heterocycles. The molecule has 1 aromatic carbocycles. The molecule has 0 aliphatic carbocycles. The highest BCUT2D eigenvalue weighted by Gasteiger charge is 2.35. The number of sulfonamides is 1. The fraction of sp³-hybridized carbons (Fsp3) is 0.333. The van der Waals surface area contributed by atoms with Crippen LogP contribution in [0.15, 0.2) is 41.9 Å². The molecular weight excluding hydrogens is 394 g/mol. The summed E-state index contributed by atoms with van der Waals surface area (Å²) in [4.78, 5) is 12.7. The van der Waals surface area contributed by atoms with Gasteiger partial charge in [0.05, 0.1) is 30.0 Å². The van der Waals surface area contributed by atoms with Gasteiger partial charge in [0, 0.05) is 17.5 Å². The number of hydrogen-bond acceptors (Lipinski definition) is 8. The van der Waals surface area contributed by atoms with Gasteiger partial charge in [-0.25, -0.2) is 28.1 Å². The number of benzene rings is 1. The van der Waals surface area contributed by atoms with Crippen LogP contribution in [0.1, 0.15) is 12.5 Å². The minimum absolute atomic E-state index is 0.121. The Morgan fingerprint density at radius 2 is 2.14 bits per heavy atom. The molecule has 0 bridgehead atoms. The average Bonchev–Trinajstić information content (AvgIpc) is 3.19. The van der Waals surface area contributed by atoms with Gasteiger partial charge in [-0.1, -0.05) is 18.6 Å². The first-order valence-electron chi connectivity index (χ1n) is 8.93. The first-order valence-corrected chi connectivity index (χ1v) is 10.4. The lowest BCUT2D eigenvalue weighted by molar-refractivity contribution is -0.0965. The van der Waals surface area contributed by atoms with Gasteiger partial charge in [0.1, 0.15) is 12.7 Å². The molecule has 10 nitrogen and oxygen atoms in total. The molecule has 0 amide bonds. The van der Waals surface area contributed by atoms with Gasteiger partial charge in [0.15, 0.2) is 11.6 Å². The molecule has 3 aromatic rings. The SMILES string of the molecule is Cc1ccc(S(=O)(=O)NCC2(C)COC2)c(-c2cnc(N)c(-n3cncn3)n2)c1. The van der Waals surface area contributed by atoms with Gasteiger partial charge < -0.3 is 10.5 Å². The number of aryl methyl sites for hydroxylation is 1. The molecule has 3 heterocycles. The lowest BCUT2D eigenvalue weighted by Gasteiger charge is -2.37. The zero-order valence-corrected chi connectivity index (χ0v) is 16.8. The normalized spacial score (nSPS) is 15.8. The van der Waals surface area contributed by atoms with Crippen LogP contribution >= 0.6 is 0 Å². The Bertz CT molecular complexity index is 1140. The third-order valence-electron chi connectivity index (χ3n) is 4.71. The van der Waals surface area contributed by atoms with E-state index >= 15 is 0 Å². The molecule has 0 unspecified atom stereocenters. The van der Waals surface area contributed by atoms with Crippen molar-refractivity contribution >= 4 is 15.8 Å². The second-order valence-corrected chi connectivity index (χ2v) is 9.17. The third-order valence-corrected chi connectivity index (χ3v) is 6.17. The predicted octanol–water partition coefficient (Wildman–Crippen LogP) is 0.930. The number of nitrogen functional groups attached to an aromatic ring is 1. The predicted molar refractivity (Wildman–Crippen MR) is 106 cm³/mol. The van der Waals surface area contributed by atoms with Crippen molar-refractivity contribution in [1.29, 1.82) is 0 Å². The van der Waals surface area contributed by atoms with Crippen LogP contribution in [0.25, 0.3) is 17.1 Å². The molecule has 4 rings (SSSR count). The quantitative estimate of drug-likeness (QED) is 0.606. The van der Waals surface area contributed by atoms with Crippen molar-refractivity contribution in [3.63, 3.8) is 0 Å². The summed E-state index contributed by atoms with van der Waals surface area (Å²) >= 11 is 0. The highest BCUT2D eigenvalue weighted by molar-refractivity contribution is 7.89. The van der Waals surface area contributed by atoms with Crippen LogP contribution in [0, 0.1) is 12.3 Å². The smallest absolute Gasteiger partial charge is 0.241 e. The number of rotatable bonds is 6. The molecule has 0 radical (unpaired) electrons. The van der Waals surface area contributed by atoms with Crippen LogP contribution in [0.3, 0.4) is 0 Å². The molecule has 1 saturated heterocycles. The summed E-state index contributed by atoms with van der Waals surface area (Å²) in [5.41, 5.74) is 7.42. The Hall–Kier alpha value is -2.89. The van der Waals surface area contributed by atoms with E-state index < -0.39 is 10.0 Å². The van der Waals surface area contributed by atoms with Crippen LogP contribution in [-0.2, 0) is 14.8 Å². The maximum Gasteiger partial charge on any atom is 0.241 e. The van der Waals surface area contributed by atoms with Crippen molar-refractivity contribution in [3.05, 3.63) is 42.6 Å². The lowest BCUT2D eigenvalue weighted by atomic mass is 9.89. The van der Waals surface area contributed by atoms with Gasteiger partial charge in [-0.3, -0.25) is 0 Å². The van der Waals surface area contributed by atoms with E-state index in [2.05, 4.69) is 24.8 Å². The van der Waals surface area contributed by atoms with Crippen molar-refractivity contribution in [3.8, 4) is 17.1 Å². The number of nitrogens with zero attached hydrogens (tertiary/aromatic N) is 5. The summed E-state index contributed by atoms with van der Waals surface area (Å²) in [6, 6.07) is 5.07. The lowest BCUT2D eigenvalue weighted by Crippen LogP contribution is -2.48. The monoisotopic (exact) mass is 415 g/mol. The molecule has 29 heavy (non-hydrogen) atoms. The van der Waals surface area contributed by atoms with Gasteiger partial charge in [-0.15, -0.1) is 0 Å². The minimum Gasteiger partial charge on any atom is -0.381 e. The molecular formula is C18H21N7O3S. The molecule has 1 fully saturated rings. The summed E-state index contributed by atoms with van der Waals surface area (Å²) in [6.45, 7) is 5.20. The van der Waals surface area contributed by atoms with Crippen molar-refractivity contribution < 1.29 is 13.2 Å². The molecule has 152 valence electrons. The van der Waals surface area contributed by atoms with Crippen molar-refractivity contribution in [2.24, 2.45) is 5.41 Å². The molecule has 11 heteroatoms. The largest absolute Gasteiger partial charge is 0.381 e. The zero-order chi connectivity index (χ0) is 20.6. The molecule has 0 atom stereocenters. The average molecular weight is 415 g/mol. The Labute approximate surface area is 168 Å². The van der Waals surface area contributed by atoms with Gasteiger partial charge in [0.2, 0.25) is 10.0 Å². The Morgan fingerprint density at radius 1 is 1.34 bits per heavy atom. The maximum absolute atomic E-state index is 13.1. The third kappa shape index (κ3) is 3.84. The first-order chi connectivity index (χ1) is 13.8. The van der Waals surface area contributed by atoms with Crippen LogP contribution in [0.2, 0.25) is 0 Å². The van der Waals surface area contributed by atoms with Crippen LogP contribution in [0.5, 0.6) is 0 Å². The zero-order valence-electron chi connectivity index (χ0n) is 16.0. The summed E-state index contributed by atoms with van der Waals surface area (Å²) in [5.74, 6) is 0.435. The van der Waals surface area contributed by atoms with Gasteiger partial charge in [-0.2, -0.15) is 9.78 Å². The molecule has 0 saturated carbocycles. The number of aromatic nitrogens is 5. The van der Waals surface area contributed by atoms with Crippen molar-refractivity contribution in [2.75, 3.05) is 25.5 Å². The Morgan fingerprint density at radius 3 is 2.79 bits per heavy atom. The summed E-state index contributed by atoms with van der Waals surface area (Å²) < 4.78 is 35.4. The summed E-state index contributed by atoms with van der Waals surface area (Å²) in [7, 11) is -3.78. The minimum atomic E-state index is -3.78. The molecule has 3 N–H and O–H groups in total. The van der Waals surface area contributed by atoms with E-state index in [1.54, 1.807) is 18.2 Å². The van der Waals surface area contributed by atoms with E-state index in [1.165, 1.54) is 23.5 Å². The van der Waals surface area contributed by atoms with Gasteiger partial charge in [0.25, 0.3) is 0 Å². The highest BCUT2D eigenvalue weighted by Crippen LogP contribution is 2.30. The van der Waals surface area contributed by atoms with E-state index in [0.717, 1.165) is 5.56 Å². The highest BCUT2D eigenvalue weighted by atomic mass is 32.2. The molecule has 0 spiro atoms. The van der Waals surface area contributed by atoms with Crippen LogP contribution in [-0.4, -0.2) is 52.9 Å². The molecule has 1 aliphatic rings. The second kappa shape index (κ2) is 7.17. The van der Waals surface area contributed by atoms with Crippen molar-refractivity contribution in [2.45, 2.75) is 18.7 Å². The Kier molecular flexibility index (Phi) is 4.81. The summed E-state index contributed by atoms with van der Waals surface area (Å²) in [6.07, 6.45) is 4.25. The number of anilines is 1. The van der Waals surface area contributed by atoms with Crippen LogP contribution in [0.4, 0.5) is 5.82 Å². The maximum atomic E-state index is 13.1. The van der Waals surface area contributed by atoms with E-state index in [9.17, 15) is 8.42 Å². The number of nitrogens with two attached hydrogens (primary N) is 1. The van der Waals surface area contributed by atoms with Gasteiger partial charge in [-0.05, 0) is 19.1 Å². The molecule has 1 aliphatic heterocycles. The fourth-order valence-electron chi connectivity index (χ4n) is 2.98. The van der Waals surface area contributed by atoms with Gasteiger partial charge >= 0.3 is 0 Å². The summed E-state index contributed by atoms with van der Waals surface area (Å²) in [5, 5.41) is 4.02. The fourth-order valence-corrected chi connectivity index (χ4v) is 4.38.